The summed E-state index contributed by atoms with van der Waals surface area (Å²) in [5.74, 6) is -0.0343. The number of aromatic amines is 1. The number of hydrogen-bond acceptors (Lipinski definition) is 3. The highest BCUT2D eigenvalue weighted by Gasteiger charge is 2.20. The molecular weight excluding hydrogens is 318 g/mol. The van der Waals surface area contributed by atoms with E-state index in [0.717, 1.165) is 40.1 Å². The fourth-order valence-electron chi connectivity index (χ4n) is 3.38. The lowest BCUT2D eigenvalue weighted by Gasteiger charge is -2.07. The molecule has 24 heavy (non-hydrogen) atoms. The third-order valence-electron chi connectivity index (χ3n) is 4.59. The van der Waals surface area contributed by atoms with Gasteiger partial charge in [0.15, 0.2) is 0 Å². The molecule has 4 nitrogen and oxygen atoms in total. The minimum atomic E-state index is -0.0343. The van der Waals surface area contributed by atoms with Crippen molar-refractivity contribution in [1.82, 2.24) is 15.5 Å². The minimum Gasteiger partial charge on any atom is -0.346 e. The zero-order valence-corrected chi connectivity index (χ0v) is 14.4. The first-order chi connectivity index (χ1) is 11.7. The van der Waals surface area contributed by atoms with E-state index in [2.05, 4.69) is 22.4 Å². The smallest absolute Gasteiger partial charge is 0.253 e. The number of nitrogens with one attached hydrogen (secondary N) is 2. The minimum absolute atomic E-state index is 0.0343. The van der Waals surface area contributed by atoms with Gasteiger partial charge in [-0.15, -0.1) is 11.3 Å². The quantitative estimate of drug-likeness (QED) is 0.759. The van der Waals surface area contributed by atoms with Crippen molar-refractivity contribution in [2.75, 3.05) is 0 Å². The molecule has 1 amide bonds. The van der Waals surface area contributed by atoms with Crippen molar-refractivity contribution in [1.29, 1.82) is 0 Å². The Morgan fingerprint density at radius 1 is 1.29 bits per heavy atom. The van der Waals surface area contributed by atoms with Crippen LogP contribution in [-0.2, 0) is 19.4 Å². The summed E-state index contributed by atoms with van der Waals surface area (Å²) < 4.78 is 0. The second-order valence-electron chi connectivity index (χ2n) is 6.11. The Morgan fingerprint density at radius 2 is 2.12 bits per heavy atom. The number of aromatic nitrogens is 2. The third kappa shape index (κ3) is 2.65. The molecule has 1 aromatic carbocycles. The molecule has 1 aliphatic carbocycles. The third-order valence-corrected chi connectivity index (χ3v) is 5.50. The second kappa shape index (κ2) is 6.24. The molecule has 0 spiro atoms. The molecule has 0 saturated heterocycles. The van der Waals surface area contributed by atoms with Crippen LogP contribution >= 0.6 is 11.3 Å². The zero-order valence-electron chi connectivity index (χ0n) is 13.6. The number of nitrogens with zero attached hydrogens (tertiary/aromatic N) is 1. The predicted octanol–water partition coefficient (Wildman–Crippen LogP) is 3.87. The lowest BCUT2D eigenvalue weighted by atomic mass is 10.0. The number of fused-ring (bicyclic) bond motifs is 1. The van der Waals surface area contributed by atoms with Crippen molar-refractivity contribution in [2.24, 2.45) is 0 Å². The maximum absolute atomic E-state index is 12.7. The normalized spacial score (nSPS) is 13.0. The summed E-state index contributed by atoms with van der Waals surface area (Å²) in [6.45, 7) is 2.54. The Labute approximate surface area is 144 Å². The monoisotopic (exact) mass is 337 g/mol. The molecule has 0 saturated carbocycles. The molecule has 1 aliphatic rings. The van der Waals surface area contributed by atoms with Crippen LogP contribution in [0.15, 0.2) is 35.7 Å². The van der Waals surface area contributed by atoms with E-state index in [9.17, 15) is 4.79 Å². The van der Waals surface area contributed by atoms with Crippen LogP contribution in [-0.4, -0.2) is 16.1 Å². The van der Waals surface area contributed by atoms with Crippen molar-refractivity contribution in [2.45, 2.75) is 32.7 Å². The number of H-pyrrole nitrogens is 1. The molecule has 0 atom stereocenters. The molecular formula is C19H19N3OS. The number of benzene rings is 1. The van der Waals surface area contributed by atoms with Gasteiger partial charge in [-0.1, -0.05) is 30.3 Å². The van der Waals surface area contributed by atoms with Crippen LogP contribution in [0.1, 0.15) is 38.6 Å². The van der Waals surface area contributed by atoms with Gasteiger partial charge >= 0.3 is 0 Å². The molecule has 4 rings (SSSR count). The lowest BCUT2D eigenvalue weighted by molar-refractivity contribution is 0.0951. The highest BCUT2D eigenvalue weighted by atomic mass is 32.1. The first kappa shape index (κ1) is 15.1. The van der Waals surface area contributed by atoms with Crippen LogP contribution < -0.4 is 5.32 Å². The summed E-state index contributed by atoms with van der Waals surface area (Å²) in [5.41, 5.74) is 6.36. The number of carbonyl (C=O) groups is 1. The Hall–Kier alpha value is -2.40. The van der Waals surface area contributed by atoms with Gasteiger partial charge in [0.05, 0.1) is 17.8 Å². The fraction of sp³-hybridized carbons (Fsp3) is 0.263. The summed E-state index contributed by atoms with van der Waals surface area (Å²) in [6.07, 6.45) is 3.30. The molecule has 0 bridgehead atoms. The van der Waals surface area contributed by atoms with Gasteiger partial charge in [-0.2, -0.15) is 5.10 Å². The van der Waals surface area contributed by atoms with Crippen LogP contribution in [0.3, 0.4) is 0 Å². The maximum atomic E-state index is 12.7. The van der Waals surface area contributed by atoms with Gasteiger partial charge in [-0.05, 0) is 37.3 Å². The number of amides is 1. The first-order valence-electron chi connectivity index (χ1n) is 8.20. The van der Waals surface area contributed by atoms with E-state index in [-0.39, 0.29) is 5.91 Å². The molecule has 0 unspecified atom stereocenters. The van der Waals surface area contributed by atoms with Crippen LogP contribution in [0.4, 0.5) is 0 Å². The summed E-state index contributed by atoms with van der Waals surface area (Å²) in [7, 11) is 0. The molecule has 2 heterocycles. The second-order valence-corrected chi connectivity index (χ2v) is 7.19. The van der Waals surface area contributed by atoms with Gasteiger partial charge in [0.2, 0.25) is 0 Å². The number of hydrogen-bond donors (Lipinski definition) is 2. The van der Waals surface area contributed by atoms with Crippen molar-refractivity contribution < 1.29 is 4.79 Å². The van der Waals surface area contributed by atoms with Crippen molar-refractivity contribution >= 4 is 17.2 Å². The van der Waals surface area contributed by atoms with E-state index in [0.29, 0.717) is 6.54 Å². The average molecular weight is 337 g/mol. The largest absolute Gasteiger partial charge is 0.346 e. The lowest BCUT2D eigenvalue weighted by Crippen LogP contribution is -2.23. The van der Waals surface area contributed by atoms with Gasteiger partial charge < -0.3 is 5.32 Å². The molecule has 0 radical (unpaired) electrons. The van der Waals surface area contributed by atoms with Crippen molar-refractivity contribution in [3.8, 4) is 11.1 Å². The number of rotatable bonds is 4. The summed E-state index contributed by atoms with van der Waals surface area (Å²) >= 11 is 1.62. The maximum Gasteiger partial charge on any atom is 0.253 e. The molecule has 2 N–H and O–H groups in total. The first-order valence-corrected chi connectivity index (χ1v) is 9.08. The average Bonchev–Trinajstić information content (AvgIpc) is 3.29. The van der Waals surface area contributed by atoms with E-state index in [1.54, 1.807) is 11.3 Å². The molecule has 3 aromatic rings. The van der Waals surface area contributed by atoms with E-state index in [4.69, 9.17) is 0 Å². The Kier molecular flexibility index (Phi) is 3.94. The molecule has 0 aliphatic heterocycles. The fourth-order valence-corrected chi connectivity index (χ4v) is 4.24. The highest BCUT2D eigenvalue weighted by molar-refractivity contribution is 7.10. The van der Waals surface area contributed by atoms with Gasteiger partial charge in [-0.25, -0.2) is 0 Å². The Balaban J connectivity index is 1.55. The van der Waals surface area contributed by atoms with Crippen molar-refractivity contribution in [3.63, 3.8) is 0 Å². The summed E-state index contributed by atoms with van der Waals surface area (Å²) in [6, 6.07) is 10.1. The van der Waals surface area contributed by atoms with Gasteiger partial charge in [-0.3, -0.25) is 9.89 Å². The number of aryl methyl sites for hydroxylation is 2. The molecule has 5 heteroatoms. The number of carbonyl (C=O) groups excluding carboxylic acids is 1. The molecule has 2 aromatic heterocycles. The van der Waals surface area contributed by atoms with E-state index >= 15 is 0 Å². The zero-order chi connectivity index (χ0) is 16.5. The standard InChI is InChI=1S/C19H19N3OS/c1-12-18(13-6-3-2-4-7-13)15(11-24-12)19(23)20-10-17-14-8-5-9-16(14)21-22-17/h2-4,6-7,11H,5,8-10H2,1H3,(H,20,23)(H,21,22). The van der Waals surface area contributed by atoms with E-state index in [1.165, 1.54) is 17.7 Å². The van der Waals surface area contributed by atoms with Crippen LogP contribution in [0.5, 0.6) is 0 Å². The number of thiophene rings is 1. The topological polar surface area (TPSA) is 57.8 Å². The molecule has 122 valence electrons. The highest BCUT2D eigenvalue weighted by Crippen LogP contribution is 2.32. The summed E-state index contributed by atoms with van der Waals surface area (Å²) in [4.78, 5) is 13.9. The van der Waals surface area contributed by atoms with E-state index in [1.807, 2.05) is 35.7 Å². The van der Waals surface area contributed by atoms with E-state index < -0.39 is 0 Å². The van der Waals surface area contributed by atoms with Gasteiger partial charge in [0.25, 0.3) is 5.91 Å². The van der Waals surface area contributed by atoms with Gasteiger partial charge in [0, 0.05) is 21.5 Å². The Bertz CT molecular complexity index is 879. The molecule has 0 fully saturated rings. The Morgan fingerprint density at radius 3 is 2.96 bits per heavy atom. The van der Waals surface area contributed by atoms with Crippen LogP contribution in [0.25, 0.3) is 11.1 Å². The SMILES string of the molecule is Cc1scc(C(=O)NCc2n[nH]c3c2CCC3)c1-c1ccccc1. The predicted molar refractivity (Wildman–Crippen MR) is 96.3 cm³/mol. The van der Waals surface area contributed by atoms with Gasteiger partial charge in [0.1, 0.15) is 0 Å². The van der Waals surface area contributed by atoms with Crippen LogP contribution in [0, 0.1) is 6.92 Å². The summed E-state index contributed by atoms with van der Waals surface area (Å²) in [5, 5.41) is 12.4. The van der Waals surface area contributed by atoms with Crippen molar-refractivity contribution in [3.05, 3.63) is 63.1 Å². The van der Waals surface area contributed by atoms with Crippen LogP contribution in [0.2, 0.25) is 0 Å².